The van der Waals surface area contributed by atoms with Crippen molar-refractivity contribution in [2.45, 2.75) is 51.4 Å². The number of amides is 1. The lowest BCUT2D eigenvalue weighted by molar-refractivity contribution is -0.122. The van der Waals surface area contributed by atoms with Crippen LogP contribution in [0.3, 0.4) is 0 Å². The fourth-order valence-corrected chi connectivity index (χ4v) is 4.30. The number of ketones is 1. The van der Waals surface area contributed by atoms with Gasteiger partial charge in [-0.15, -0.1) is 0 Å². The zero-order valence-electron chi connectivity index (χ0n) is 15.9. The van der Waals surface area contributed by atoms with Crippen molar-refractivity contribution in [2.24, 2.45) is 0 Å². The van der Waals surface area contributed by atoms with Crippen molar-refractivity contribution in [3.8, 4) is 0 Å². The van der Waals surface area contributed by atoms with Gasteiger partial charge < -0.3 is 5.32 Å². The minimum atomic E-state index is -0.119. The monoisotopic (exact) mass is 359 g/mol. The first-order valence-electron chi connectivity index (χ1n) is 9.76. The molecule has 0 saturated carbocycles. The van der Waals surface area contributed by atoms with Gasteiger partial charge in [-0.1, -0.05) is 61.0 Å². The van der Waals surface area contributed by atoms with Gasteiger partial charge in [0.1, 0.15) is 0 Å². The van der Waals surface area contributed by atoms with Crippen LogP contribution in [0.25, 0.3) is 0 Å². The molecular formula is C24H25NO2. The van der Waals surface area contributed by atoms with Gasteiger partial charge in [-0.2, -0.15) is 0 Å². The van der Waals surface area contributed by atoms with Crippen molar-refractivity contribution in [3.05, 3.63) is 82.1 Å². The highest BCUT2D eigenvalue weighted by atomic mass is 16.2. The predicted molar refractivity (Wildman–Crippen MR) is 107 cm³/mol. The molecule has 0 radical (unpaired) electrons. The van der Waals surface area contributed by atoms with Crippen LogP contribution in [0.15, 0.2) is 59.8 Å². The molecule has 0 saturated heterocycles. The van der Waals surface area contributed by atoms with E-state index in [0.717, 1.165) is 29.7 Å². The number of carbonyl (C=O) groups excluding carboxylic acids is 2. The molecule has 138 valence electrons. The fourth-order valence-electron chi connectivity index (χ4n) is 4.30. The van der Waals surface area contributed by atoms with Gasteiger partial charge in [-0.25, -0.2) is 0 Å². The molecule has 27 heavy (non-hydrogen) atoms. The summed E-state index contributed by atoms with van der Waals surface area (Å²) in [4.78, 5) is 25.4. The van der Waals surface area contributed by atoms with Crippen molar-refractivity contribution >= 4 is 11.7 Å². The van der Waals surface area contributed by atoms with Gasteiger partial charge in [0.2, 0.25) is 5.91 Å². The first kappa shape index (κ1) is 17.7. The molecule has 1 heterocycles. The van der Waals surface area contributed by atoms with Crippen LogP contribution >= 0.6 is 0 Å². The minimum Gasteiger partial charge on any atom is -0.329 e. The average molecular weight is 359 g/mol. The zero-order chi connectivity index (χ0) is 19.0. The number of nitrogens with one attached hydrogen (secondary N) is 1. The second-order valence-corrected chi connectivity index (χ2v) is 7.73. The number of hydrogen-bond donors (Lipinski definition) is 1. The van der Waals surface area contributed by atoms with E-state index < -0.39 is 0 Å². The Kier molecular flexibility index (Phi) is 4.69. The van der Waals surface area contributed by atoms with Gasteiger partial charge in [0.25, 0.3) is 0 Å². The molecule has 0 fully saturated rings. The number of allylic oxidation sites excluding steroid dienone is 2. The number of carbonyl (C=O) groups is 2. The molecule has 1 amide bonds. The molecule has 0 aromatic heterocycles. The normalized spacial score (nSPS) is 22.4. The zero-order valence-corrected chi connectivity index (χ0v) is 15.9. The molecule has 1 aliphatic carbocycles. The third kappa shape index (κ3) is 3.46. The molecule has 4 rings (SSSR count). The highest BCUT2D eigenvalue weighted by Crippen LogP contribution is 2.42. The van der Waals surface area contributed by atoms with Gasteiger partial charge in [-0.05, 0) is 42.4 Å². The molecule has 1 N–H and O–H groups in total. The number of aryl methyl sites for hydroxylation is 2. The van der Waals surface area contributed by atoms with E-state index in [1.54, 1.807) is 0 Å². The molecule has 2 aromatic rings. The van der Waals surface area contributed by atoms with E-state index in [0.29, 0.717) is 12.8 Å². The highest BCUT2D eigenvalue weighted by Gasteiger charge is 2.38. The van der Waals surface area contributed by atoms with Crippen LogP contribution in [0.4, 0.5) is 0 Å². The quantitative estimate of drug-likeness (QED) is 0.873. The number of rotatable bonds is 3. The van der Waals surface area contributed by atoms with Crippen molar-refractivity contribution in [1.82, 2.24) is 5.32 Å². The van der Waals surface area contributed by atoms with Crippen LogP contribution < -0.4 is 5.32 Å². The SMILES string of the molecule is CCc1ccc(C2CC(=O)NC3=C2C(=O)CC(c2ccc(C)cc2)C3)cc1. The summed E-state index contributed by atoms with van der Waals surface area (Å²) in [5.74, 6) is 0.201. The lowest BCUT2D eigenvalue weighted by atomic mass is 9.73. The van der Waals surface area contributed by atoms with Gasteiger partial charge in [0.05, 0.1) is 0 Å². The van der Waals surface area contributed by atoms with E-state index in [1.165, 1.54) is 16.7 Å². The van der Waals surface area contributed by atoms with Crippen molar-refractivity contribution in [3.63, 3.8) is 0 Å². The smallest absolute Gasteiger partial charge is 0.225 e. The van der Waals surface area contributed by atoms with Crippen LogP contribution in [0.2, 0.25) is 0 Å². The topological polar surface area (TPSA) is 46.2 Å². The Morgan fingerprint density at radius 1 is 0.889 bits per heavy atom. The summed E-state index contributed by atoms with van der Waals surface area (Å²) < 4.78 is 0. The van der Waals surface area contributed by atoms with E-state index in [1.807, 2.05) is 0 Å². The third-order valence-corrected chi connectivity index (χ3v) is 5.88. The maximum Gasteiger partial charge on any atom is 0.225 e. The van der Waals surface area contributed by atoms with Gasteiger partial charge in [-0.3, -0.25) is 9.59 Å². The van der Waals surface area contributed by atoms with Crippen LogP contribution in [0.5, 0.6) is 0 Å². The first-order chi connectivity index (χ1) is 13.0. The standard InChI is InChI=1S/C24H25NO2/c1-3-16-6-10-18(11-7-16)20-14-23(27)25-21-12-19(13-22(26)24(20)21)17-8-4-15(2)5-9-17/h4-11,19-20H,3,12-14H2,1-2H3,(H,25,27). The van der Waals surface area contributed by atoms with Crippen molar-refractivity contribution < 1.29 is 9.59 Å². The maximum atomic E-state index is 13.1. The van der Waals surface area contributed by atoms with Gasteiger partial charge in [0.15, 0.2) is 5.78 Å². The predicted octanol–water partition coefficient (Wildman–Crippen LogP) is 4.56. The average Bonchev–Trinajstić information content (AvgIpc) is 2.67. The number of benzene rings is 2. The molecule has 2 atom stereocenters. The Balaban J connectivity index is 1.68. The molecular weight excluding hydrogens is 334 g/mol. The van der Waals surface area contributed by atoms with Crippen LogP contribution in [0, 0.1) is 6.92 Å². The molecule has 1 aliphatic heterocycles. The summed E-state index contributed by atoms with van der Waals surface area (Å²) in [5, 5.41) is 3.00. The van der Waals surface area contributed by atoms with Crippen LogP contribution in [-0.4, -0.2) is 11.7 Å². The summed E-state index contributed by atoms with van der Waals surface area (Å²) in [5.41, 5.74) is 6.37. The summed E-state index contributed by atoms with van der Waals surface area (Å²) in [6.07, 6.45) is 2.57. The Morgan fingerprint density at radius 3 is 2.22 bits per heavy atom. The Morgan fingerprint density at radius 2 is 1.56 bits per heavy atom. The van der Waals surface area contributed by atoms with Crippen LogP contribution in [-0.2, 0) is 16.0 Å². The van der Waals surface area contributed by atoms with Crippen molar-refractivity contribution in [2.75, 3.05) is 0 Å². The first-order valence-corrected chi connectivity index (χ1v) is 9.76. The number of Topliss-reactive ketones (excluding diaryl/α,β-unsaturated/α-hetero) is 1. The molecule has 2 unspecified atom stereocenters. The Bertz CT molecular complexity index is 906. The van der Waals surface area contributed by atoms with Crippen molar-refractivity contribution in [1.29, 1.82) is 0 Å². The van der Waals surface area contributed by atoms with E-state index in [4.69, 9.17) is 0 Å². The van der Waals surface area contributed by atoms with Gasteiger partial charge >= 0.3 is 0 Å². The summed E-state index contributed by atoms with van der Waals surface area (Å²) in [7, 11) is 0. The minimum absolute atomic E-state index is 0.00988. The van der Waals surface area contributed by atoms with Crippen LogP contribution in [0.1, 0.15) is 60.3 Å². The molecule has 2 aliphatic rings. The Labute approximate surface area is 160 Å². The lowest BCUT2D eigenvalue weighted by Crippen LogP contribution is -2.38. The van der Waals surface area contributed by atoms with E-state index in [9.17, 15) is 9.59 Å². The molecule has 2 aromatic carbocycles. The second-order valence-electron chi connectivity index (χ2n) is 7.73. The van der Waals surface area contributed by atoms with E-state index >= 15 is 0 Å². The number of hydrogen-bond acceptors (Lipinski definition) is 2. The molecule has 3 heteroatoms. The van der Waals surface area contributed by atoms with Gasteiger partial charge in [0, 0.05) is 30.0 Å². The third-order valence-electron chi connectivity index (χ3n) is 5.88. The largest absolute Gasteiger partial charge is 0.329 e. The maximum absolute atomic E-state index is 13.1. The summed E-state index contributed by atoms with van der Waals surface area (Å²) in [6.45, 7) is 4.19. The lowest BCUT2D eigenvalue weighted by Gasteiger charge is -2.34. The summed E-state index contributed by atoms with van der Waals surface area (Å²) in [6, 6.07) is 16.7. The summed E-state index contributed by atoms with van der Waals surface area (Å²) >= 11 is 0. The Hall–Kier alpha value is -2.68. The highest BCUT2D eigenvalue weighted by molar-refractivity contribution is 6.02. The molecule has 0 bridgehead atoms. The van der Waals surface area contributed by atoms with E-state index in [-0.39, 0.29) is 23.5 Å². The van der Waals surface area contributed by atoms with E-state index in [2.05, 4.69) is 67.7 Å². The molecule has 3 nitrogen and oxygen atoms in total. The fraction of sp³-hybridized carbons (Fsp3) is 0.333. The molecule has 0 spiro atoms. The second kappa shape index (κ2) is 7.15.